The summed E-state index contributed by atoms with van der Waals surface area (Å²) in [6.45, 7) is 4.76. The molecule has 4 heteroatoms. The minimum absolute atomic E-state index is 0.291. The van der Waals surface area contributed by atoms with Gasteiger partial charge in [0.25, 0.3) is 0 Å². The van der Waals surface area contributed by atoms with Crippen molar-refractivity contribution in [3.05, 3.63) is 203 Å². The van der Waals surface area contributed by atoms with Crippen LogP contribution in [0.4, 0.5) is 17.2 Å². The van der Waals surface area contributed by atoms with Crippen LogP contribution in [0.1, 0.15) is 60.2 Å². The van der Waals surface area contributed by atoms with E-state index in [4.69, 9.17) is 9.97 Å². The molecule has 0 fully saturated rings. The SMILES string of the molecule is CC1(C)c2ccccc2N(c2cc(-c3cccc4c3CCC=C4)c3ccccc3n2)c2cc3c(cc21)c1ccccc1n3-c1cc(-c2cccc3ccccc23)c2c(n1)C=CCC2. The molecule has 0 atom stereocenters. The zero-order chi connectivity index (χ0) is 41.8. The first kappa shape index (κ1) is 36.1. The first-order chi connectivity index (χ1) is 31.0. The molecule has 0 amide bonds. The molecule has 300 valence electrons. The number of aromatic nitrogens is 3. The molecule has 1 aliphatic heterocycles. The minimum atomic E-state index is -0.291. The van der Waals surface area contributed by atoms with Crippen LogP contribution in [-0.4, -0.2) is 14.5 Å². The molecule has 0 spiro atoms. The smallest absolute Gasteiger partial charge is 0.138 e. The van der Waals surface area contributed by atoms with Gasteiger partial charge < -0.3 is 0 Å². The van der Waals surface area contributed by atoms with Crippen molar-refractivity contribution in [3.8, 4) is 28.1 Å². The molecule has 63 heavy (non-hydrogen) atoms. The van der Waals surface area contributed by atoms with E-state index in [1.807, 2.05) is 0 Å². The molecule has 0 bridgehead atoms. The Labute approximate surface area is 367 Å². The summed E-state index contributed by atoms with van der Waals surface area (Å²) in [5, 5.41) is 6.10. The zero-order valence-corrected chi connectivity index (χ0v) is 35.4. The highest BCUT2D eigenvalue weighted by atomic mass is 15.2. The van der Waals surface area contributed by atoms with Gasteiger partial charge in [0.15, 0.2) is 0 Å². The van der Waals surface area contributed by atoms with Crippen molar-refractivity contribution in [3.63, 3.8) is 0 Å². The Balaban J connectivity index is 1.10. The molecular formula is C59H44N4. The Bertz CT molecular complexity index is 3610. The van der Waals surface area contributed by atoms with Gasteiger partial charge in [-0.1, -0.05) is 147 Å². The average molecular weight is 809 g/mol. The minimum Gasteiger partial charge on any atom is -0.294 e. The molecule has 10 aromatic rings. The number of anilines is 3. The molecule has 0 N–H and O–H groups in total. The van der Waals surface area contributed by atoms with Crippen LogP contribution in [0.25, 0.3) is 83.7 Å². The average Bonchev–Trinajstić information content (AvgIpc) is 3.66. The van der Waals surface area contributed by atoms with Crippen LogP contribution in [0.5, 0.6) is 0 Å². The summed E-state index contributed by atoms with van der Waals surface area (Å²) in [7, 11) is 0. The van der Waals surface area contributed by atoms with Crippen molar-refractivity contribution in [1.29, 1.82) is 0 Å². The third-order valence-electron chi connectivity index (χ3n) is 14.1. The lowest BCUT2D eigenvalue weighted by Crippen LogP contribution is -2.31. The van der Waals surface area contributed by atoms with Crippen molar-refractivity contribution in [2.75, 3.05) is 4.90 Å². The predicted molar refractivity (Wildman–Crippen MR) is 264 cm³/mol. The predicted octanol–water partition coefficient (Wildman–Crippen LogP) is 15.2. The fraction of sp³-hybridized carbons (Fsp3) is 0.119. The van der Waals surface area contributed by atoms with Gasteiger partial charge in [-0.15, -0.1) is 0 Å². The highest BCUT2D eigenvalue weighted by Gasteiger charge is 2.38. The maximum absolute atomic E-state index is 5.55. The summed E-state index contributed by atoms with van der Waals surface area (Å²) >= 11 is 0. The van der Waals surface area contributed by atoms with Crippen molar-refractivity contribution < 1.29 is 0 Å². The first-order valence-electron chi connectivity index (χ1n) is 22.4. The van der Waals surface area contributed by atoms with Gasteiger partial charge in [0.05, 0.1) is 33.6 Å². The van der Waals surface area contributed by atoms with Gasteiger partial charge in [0, 0.05) is 21.6 Å². The van der Waals surface area contributed by atoms with E-state index < -0.39 is 0 Å². The second-order valence-electron chi connectivity index (χ2n) is 17.9. The second kappa shape index (κ2) is 13.7. The van der Waals surface area contributed by atoms with Gasteiger partial charge in [0.1, 0.15) is 11.6 Å². The Morgan fingerprint density at radius 3 is 2.11 bits per heavy atom. The maximum atomic E-state index is 5.55. The molecule has 0 unspecified atom stereocenters. The lowest BCUT2D eigenvalue weighted by molar-refractivity contribution is 0.632. The van der Waals surface area contributed by atoms with E-state index in [1.54, 1.807) is 0 Å². The zero-order valence-electron chi connectivity index (χ0n) is 35.4. The first-order valence-corrected chi connectivity index (χ1v) is 22.4. The molecule has 0 radical (unpaired) electrons. The molecule has 0 saturated heterocycles. The number of hydrogen-bond donors (Lipinski definition) is 0. The number of pyridine rings is 2. The fourth-order valence-electron chi connectivity index (χ4n) is 11.1. The third-order valence-corrected chi connectivity index (χ3v) is 14.1. The summed E-state index contributed by atoms with van der Waals surface area (Å²) in [5.41, 5.74) is 17.9. The maximum Gasteiger partial charge on any atom is 0.138 e. The molecule has 4 heterocycles. The number of benzene rings is 7. The van der Waals surface area contributed by atoms with Crippen LogP contribution in [-0.2, 0) is 18.3 Å². The van der Waals surface area contributed by atoms with Crippen LogP contribution >= 0.6 is 0 Å². The largest absolute Gasteiger partial charge is 0.294 e. The Morgan fingerprint density at radius 2 is 1.19 bits per heavy atom. The van der Waals surface area contributed by atoms with Crippen molar-refractivity contribution in [1.82, 2.24) is 14.5 Å². The standard InChI is InChI=1S/C59H44N4/c1-59(2)49-28-10-14-32-54(49)63(58-35-47(44-24-8-12-30-52(44)61-58)42-27-16-20-38-18-4-6-22-40(38)42)56-36-55-48(33-50(56)59)45-25-9-13-31-53(45)62(55)57-34-46(43-23-7-11-29-51(43)60-57)41-26-15-19-37-17-3-5-21-39(37)41/h3-5,8-21,24-36H,6-7,22-23H2,1-2H3. The highest BCUT2D eigenvalue weighted by Crippen LogP contribution is 2.54. The number of rotatable bonds is 4. The Morgan fingerprint density at radius 1 is 0.476 bits per heavy atom. The van der Waals surface area contributed by atoms with Crippen LogP contribution in [0, 0.1) is 0 Å². The molecule has 7 aromatic carbocycles. The van der Waals surface area contributed by atoms with Gasteiger partial charge in [0.2, 0.25) is 0 Å². The van der Waals surface area contributed by atoms with E-state index in [0.717, 1.165) is 70.9 Å². The van der Waals surface area contributed by atoms with Crippen molar-refractivity contribution >= 4 is 72.8 Å². The second-order valence-corrected chi connectivity index (χ2v) is 17.9. The number of fused-ring (bicyclic) bond motifs is 9. The lowest BCUT2D eigenvalue weighted by atomic mass is 9.73. The Kier molecular flexibility index (Phi) is 7.87. The Hall–Kier alpha value is -7.56. The molecule has 3 aliphatic rings. The van der Waals surface area contributed by atoms with Gasteiger partial charge in [-0.2, -0.15) is 0 Å². The molecule has 13 rings (SSSR count). The summed E-state index contributed by atoms with van der Waals surface area (Å²) in [4.78, 5) is 13.5. The number of para-hydroxylation sites is 3. The molecular weight excluding hydrogens is 765 g/mol. The topological polar surface area (TPSA) is 34.0 Å². The van der Waals surface area contributed by atoms with E-state index >= 15 is 0 Å². The van der Waals surface area contributed by atoms with Crippen LogP contribution < -0.4 is 4.90 Å². The van der Waals surface area contributed by atoms with Gasteiger partial charge in [-0.3, -0.25) is 9.47 Å². The monoisotopic (exact) mass is 808 g/mol. The lowest BCUT2D eigenvalue weighted by Gasteiger charge is -2.41. The summed E-state index contributed by atoms with van der Waals surface area (Å²) in [5.74, 6) is 1.83. The highest BCUT2D eigenvalue weighted by molar-refractivity contribution is 6.12. The van der Waals surface area contributed by atoms with Crippen molar-refractivity contribution in [2.24, 2.45) is 0 Å². The van der Waals surface area contributed by atoms with Crippen LogP contribution in [0.2, 0.25) is 0 Å². The van der Waals surface area contributed by atoms with Crippen LogP contribution in [0.3, 0.4) is 0 Å². The molecule has 2 aliphatic carbocycles. The summed E-state index contributed by atoms with van der Waals surface area (Å²) in [6, 6.07) is 58.3. The quantitative estimate of drug-likeness (QED) is 0.178. The summed E-state index contributed by atoms with van der Waals surface area (Å²) < 4.78 is 2.41. The number of allylic oxidation sites excluding steroid dienone is 2. The van der Waals surface area contributed by atoms with Gasteiger partial charge in [-0.25, -0.2) is 9.97 Å². The molecule has 4 nitrogen and oxygen atoms in total. The third kappa shape index (κ3) is 5.40. The van der Waals surface area contributed by atoms with E-state index in [2.05, 4.69) is 205 Å². The molecule has 3 aromatic heterocycles. The van der Waals surface area contributed by atoms with E-state index in [-0.39, 0.29) is 5.41 Å². The normalized spacial score (nSPS) is 14.9. The fourth-order valence-corrected chi connectivity index (χ4v) is 11.1. The number of nitrogens with zero attached hydrogens (tertiary/aromatic N) is 4. The number of hydrogen-bond acceptors (Lipinski definition) is 3. The van der Waals surface area contributed by atoms with Gasteiger partial charge >= 0.3 is 0 Å². The van der Waals surface area contributed by atoms with E-state index in [0.29, 0.717) is 0 Å². The van der Waals surface area contributed by atoms with E-state index in [1.165, 1.54) is 77.0 Å². The van der Waals surface area contributed by atoms with Crippen molar-refractivity contribution in [2.45, 2.75) is 44.9 Å². The van der Waals surface area contributed by atoms with Crippen LogP contribution in [0.15, 0.2) is 170 Å². The molecule has 0 saturated carbocycles. The van der Waals surface area contributed by atoms with Gasteiger partial charge in [-0.05, 0) is 135 Å². The van der Waals surface area contributed by atoms with E-state index in [9.17, 15) is 0 Å². The summed E-state index contributed by atoms with van der Waals surface area (Å²) in [6.07, 6.45) is 13.1.